The molecule has 2 heterocycles. The van der Waals surface area contributed by atoms with Crippen molar-refractivity contribution < 1.29 is 13.3 Å². The van der Waals surface area contributed by atoms with Crippen molar-refractivity contribution in [1.29, 1.82) is 0 Å². The van der Waals surface area contributed by atoms with Crippen molar-refractivity contribution in [3.63, 3.8) is 0 Å². The van der Waals surface area contributed by atoms with Gasteiger partial charge in [-0.25, -0.2) is 8.42 Å². The lowest BCUT2D eigenvalue weighted by atomic mass is 10.2. The quantitative estimate of drug-likeness (QED) is 0.613. The maximum absolute atomic E-state index is 11.9. The smallest absolute Gasteiger partial charge is 0.311 e. The zero-order chi connectivity index (χ0) is 16.6. The third-order valence-electron chi connectivity index (χ3n) is 4.72. The molecule has 7 nitrogen and oxygen atoms in total. The van der Waals surface area contributed by atoms with Crippen molar-refractivity contribution in [2.75, 3.05) is 37.3 Å². The van der Waals surface area contributed by atoms with Crippen LogP contribution in [0.2, 0.25) is 0 Å². The first-order chi connectivity index (χ1) is 10.9. The number of hydrogen-bond donors (Lipinski definition) is 0. The van der Waals surface area contributed by atoms with E-state index in [-0.39, 0.29) is 10.6 Å². The molecule has 2 aliphatic heterocycles. The fraction of sp³-hybridized carbons (Fsp3) is 0.600. The van der Waals surface area contributed by atoms with Crippen LogP contribution in [0.3, 0.4) is 0 Å². The second-order valence-electron chi connectivity index (χ2n) is 6.28. The van der Waals surface area contributed by atoms with Gasteiger partial charge in [0.25, 0.3) is 0 Å². The number of para-hydroxylation sites is 1. The van der Waals surface area contributed by atoms with E-state index in [2.05, 4.69) is 4.90 Å². The molecule has 0 amide bonds. The van der Waals surface area contributed by atoms with Crippen LogP contribution >= 0.6 is 0 Å². The van der Waals surface area contributed by atoms with Gasteiger partial charge in [0, 0.05) is 25.4 Å². The first kappa shape index (κ1) is 16.2. The average Bonchev–Trinajstić information content (AvgIpc) is 3.16. The molecule has 0 saturated carbocycles. The zero-order valence-electron chi connectivity index (χ0n) is 13.1. The Morgan fingerprint density at radius 2 is 1.91 bits per heavy atom. The molecule has 1 atom stereocenters. The third-order valence-corrected chi connectivity index (χ3v) is 5.85. The van der Waals surface area contributed by atoms with Gasteiger partial charge in [-0.1, -0.05) is 6.07 Å². The normalized spacial score (nSPS) is 22.7. The van der Waals surface area contributed by atoms with Crippen LogP contribution in [0.15, 0.2) is 23.1 Å². The first-order valence-corrected chi connectivity index (χ1v) is 9.73. The number of anilines is 1. The van der Waals surface area contributed by atoms with Crippen LogP contribution in [0.4, 0.5) is 11.4 Å². The maximum atomic E-state index is 11.9. The summed E-state index contributed by atoms with van der Waals surface area (Å²) < 4.78 is 23.7. The molecule has 0 aliphatic carbocycles. The minimum Gasteiger partial charge on any atom is -0.364 e. The number of likely N-dealkylation sites (tertiary alicyclic amines) is 1. The Kier molecular flexibility index (Phi) is 4.29. The first-order valence-electron chi connectivity index (χ1n) is 7.84. The predicted octanol–water partition coefficient (Wildman–Crippen LogP) is 1.67. The topological polar surface area (TPSA) is 83.8 Å². The number of hydrogen-bond acceptors (Lipinski definition) is 6. The van der Waals surface area contributed by atoms with E-state index in [0.29, 0.717) is 18.3 Å². The van der Waals surface area contributed by atoms with Gasteiger partial charge in [-0.3, -0.25) is 15.0 Å². The number of nitro benzene ring substituents is 1. The van der Waals surface area contributed by atoms with Gasteiger partial charge in [-0.05, 0) is 44.5 Å². The Morgan fingerprint density at radius 1 is 1.22 bits per heavy atom. The molecule has 0 bridgehead atoms. The average molecular weight is 339 g/mol. The van der Waals surface area contributed by atoms with Crippen molar-refractivity contribution in [3.05, 3.63) is 28.3 Å². The largest absolute Gasteiger partial charge is 0.364 e. The van der Waals surface area contributed by atoms with E-state index in [9.17, 15) is 18.5 Å². The van der Waals surface area contributed by atoms with Gasteiger partial charge in [0.1, 0.15) is 10.6 Å². The van der Waals surface area contributed by atoms with Gasteiger partial charge in [0.2, 0.25) is 0 Å². The number of sulfone groups is 1. The Hall–Kier alpha value is -1.67. The van der Waals surface area contributed by atoms with Gasteiger partial charge in [-0.2, -0.15) is 0 Å². The fourth-order valence-corrected chi connectivity index (χ4v) is 4.47. The molecule has 0 radical (unpaired) electrons. The van der Waals surface area contributed by atoms with E-state index in [1.54, 1.807) is 12.1 Å². The van der Waals surface area contributed by atoms with Gasteiger partial charge in [-0.15, -0.1) is 0 Å². The molecule has 1 unspecified atom stereocenters. The Labute approximate surface area is 136 Å². The lowest BCUT2D eigenvalue weighted by molar-refractivity contribution is -0.387. The van der Waals surface area contributed by atoms with Crippen molar-refractivity contribution in [2.45, 2.75) is 30.2 Å². The van der Waals surface area contributed by atoms with E-state index >= 15 is 0 Å². The van der Waals surface area contributed by atoms with E-state index in [0.717, 1.165) is 32.3 Å². The van der Waals surface area contributed by atoms with E-state index in [4.69, 9.17) is 0 Å². The highest BCUT2D eigenvalue weighted by atomic mass is 32.2. The van der Waals surface area contributed by atoms with Crippen LogP contribution in [-0.4, -0.2) is 56.7 Å². The molecule has 2 fully saturated rings. The molecule has 1 aromatic carbocycles. The molecular formula is C15H21N3O4S. The molecule has 126 valence electrons. The van der Waals surface area contributed by atoms with Gasteiger partial charge < -0.3 is 4.90 Å². The number of nitro groups is 1. The van der Waals surface area contributed by atoms with Crippen LogP contribution < -0.4 is 4.90 Å². The van der Waals surface area contributed by atoms with Crippen LogP contribution in [0.1, 0.15) is 19.3 Å². The highest BCUT2D eigenvalue weighted by Gasteiger charge is 2.34. The molecule has 2 aliphatic rings. The summed E-state index contributed by atoms with van der Waals surface area (Å²) in [6.45, 7) is 3.61. The van der Waals surface area contributed by atoms with Gasteiger partial charge >= 0.3 is 5.69 Å². The summed E-state index contributed by atoms with van der Waals surface area (Å²) in [5, 5.41) is 11.5. The van der Waals surface area contributed by atoms with Gasteiger partial charge in [0.15, 0.2) is 9.84 Å². The summed E-state index contributed by atoms with van der Waals surface area (Å²) >= 11 is 0. The second-order valence-corrected chi connectivity index (χ2v) is 8.27. The molecule has 0 N–H and O–H groups in total. The highest BCUT2D eigenvalue weighted by molar-refractivity contribution is 7.90. The highest BCUT2D eigenvalue weighted by Crippen LogP contribution is 2.37. The third kappa shape index (κ3) is 3.18. The van der Waals surface area contributed by atoms with Crippen LogP contribution in [0, 0.1) is 10.1 Å². The predicted molar refractivity (Wildman–Crippen MR) is 87.6 cm³/mol. The summed E-state index contributed by atoms with van der Waals surface area (Å²) in [5.74, 6) is 0. The summed E-state index contributed by atoms with van der Waals surface area (Å²) in [7, 11) is -3.64. The molecule has 0 aromatic heterocycles. The van der Waals surface area contributed by atoms with Crippen molar-refractivity contribution in [1.82, 2.24) is 4.90 Å². The van der Waals surface area contributed by atoms with Gasteiger partial charge in [0.05, 0.1) is 4.92 Å². The lowest BCUT2D eigenvalue weighted by Crippen LogP contribution is -2.35. The van der Waals surface area contributed by atoms with Crippen molar-refractivity contribution in [2.24, 2.45) is 0 Å². The Bertz CT molecular complexity index is 713. The number of benzene rings is 1. The minimum absolute atomic E-state index is 0.204. The van der Waals surface area contributed by atoms with E-state index < -0.39 is 14.8 Å². The minimum atomic E-state index is -3.64. The summed E-state index contributed by atoms with van der Waals surface area (Å²) in [4.78, 5) is 15.1. The van der Waals surface area contributed by atoms with Crippen molar-refractivity contribution in [3.8, 4) is 0 Å². The lowest BCUT2D eigenvalue weighted by Gasteiger charge is -2.24. The SMILES string of the molecule is CS(=O)(=O)c1cccc(N2CCC(N3CCCC3)C2)c1[N+](=O)[O-]. The molecular weight excluding hydrogens is 318 g/mol. The molecule has 8 heteroatoms. The standard InChI is InChI=1S/C15H21N3O4S/c1-23(21,22)14-6-4-5-13(15(14)18(19)20)17-10-7-12(11-17)16-8-2-3-9-16/h4-6,12H,2-3,7-11H2,1H3. The Morgan fingerprint density at radius 3 is 2.52 bits per heavy atom. The molecule has 23 heavy (non-hydrogen) atoms. The zero-order valence-corrected chi connectivity index (χ0v) is 14.0. The molecule has 3 rings (SSSR count). The van der Waals surface area contributed by atoms with Crippen molar-refractivity contribution >= 4 is 21.2 Å². The van der Waals surface area contributed by atoms with Crippen LogP contribution in [-0.2, 0) is 9.84 Å². The Balaban J connectivity index is 1.92. The monoisotopic (exact) mass is 339 g/mol. The van der Waals surface area contributed by atoms with E-state index in [1.807, 2.05) is 4.90 Å². The van der Waals surface area contributed by atoms with E-state index in [1.165, 1.54) is 18.9 Å². The number of nitrogens with zero attached hydrogens (tertiary/aromatic N) is 3. The number of rotatable bonds is 4. The fourth-order valence-electron chi connectivity index (χ4n) is 3.61. The van der Waals surface area contributed by atoms with Crippen LogP contribution in [0.5, 0.6) is 0 Å². The summed E-state index contributed by atoms with van der Waals surface area (Å²) in [6, 6.07) is 4.95. The second kappa shape index (κ2) is 6.09. The summed E-state index contributed by atoms with van der Waals surface area (Å²) in [6.07, 6.45) is 4.39. The van der Waals surface area contributed by atoms with Crippen LogP contribution in [0.25, 0.3) is 0 Å². The molecule has 2 saturated heterocycles. The molecule has 1 aromatic rings. The maximum Gasteiger partial charge on any atom is 0.311 e. The summed E-state index contributed by atoms with van der Waals surface area (Å²) in [5.41, 5.74) is 0.122. The molecule has 0 spiro atoms.